The van der Waals surface area contributed by atoms with Crippen molar-refractivity contribution >= 4 is 23.5 Å². The SMILES string of the molecule is COC(=O)C1CN(C(=O)COc2ccccc2Cl)CC1C. The first-order valence-electron chi connectivity index (χ1n) is 6.76. The van der Waals surface area contributed by atoms with Gasteiger partial charge in [0.2, 0.25) is 0 Å². The number of halogens is 1. The molecule has 1 amide bonds. The van der Waals surface area contributed by atoms with Gasteiger partial charge in [-0.25, -0.2) is 0 Å². The summed E-state index contributed by atoms with van der Waals surface area (Å²) in [4.78, 5) is 25.4. The number of para-hydroxylation sites is 1. The Balaban J connectivity index is 1.90. The highest BCUT2D eigenvalue weighted by molar-refractivity contribution is 6.32. The second-order valence-electron chi connectivity index (χ2n) is 5.12. The summed E-state index contributed by atoms with van der Waals surface area (Å²) in [6, 6.07) is 6.99. The summed E-state index contributed by atoms with van der Waals surface area (Å²) in [5, 5.41) is 0.465. The van der Waals surface area contributed by atoms with Crippen molar-refractivity contribution in [1.82, 2.24) is 4.90 Å². The van der Waals surface area contributed by atoms with Crippen molar-refractivity contribution < 1.29 is 19.1 Å². The summed E-state index contributed by atoms with van der Waals surface area (Å²) in [6.07, 6.45) is 0. The highest BCUT2D eigenvalue weighted by atomic mass is 35.5. The maximum Gasteiger partial charge on any atom is 0.310 e. The van der Waals surface area contributed by atoms with Crippen molar-refractivity contribution in [1.29, 1.82) is 0 Å². The van der Waals surface area contributed by atoms with Crippen molar-refractivity contribution in [3.8, 4) is 5.75 Å². The molecule has 1 saturated heterocycles. The van der Waals surface area contributed by atoms with E-state index in [-0.39, 0.29) is 30.3 Å². The largest absolute Gasteiger partial charge is 0.482 e. The van der Waals surface area contributed by atoms with Crippen LogP contribution in [-0.2, 0) is 14.3 Å². The van der Waals surface area contributed by atoms with Gasteiger partial charge in [-0.05, 0) is 18.1 Å². The maximum absolute atomic E-state index is 12.1. The normalized spacial score (nSPS) is 21.2. The number of likely N-dealkylation sites (tertiary alicyclic amines) is 1. The zero-order valence-electron chi connectivity index (χ0n) is 12.0. The molecule has 2 atom stereocenters. The molecule has 0 bridgehead atoms. The fourth-order valence-electron chi connectivity index (χ4n) is 2.42. The number of hydrogen-bond acceptors (Lipinski definition) is 4. The molecule has 21 heavy (non-hydrogen) atoms. The van der Waals surface area contributed by atoms with Gasteiger partial charge in [0.25, 0.3) is 5.91 Å². The summed E-state index contributed by atoms with van der Waals surface area (Å²) in [5.74, 6) is -0.136. The maximum atomic E-state index is 12.1. The van der Waals surface area contributed by atoms with E-state index in [1.807, 2.05) is 6.92 Å². The third kappa shape index (κ3) is 3.67. The van der Waals surface area contributed by atoms with E-state index < -0.39 is 0 Å². The van der Waals surface area contributed by atoms with Crippen LogP contribution < -0.4 is 4.74 Å². The van der Waals surface area contributed by atoms with E-state index in [2.05, 4.69) is 0 Å². The van der Waals surface area contributed by atoms with Crippen LogP contribution in [-0.4, -0.2) is 43.6 Å². The fraction of sp³-hybridized carbons (Fsp3) is 0.467. The number of rotatable bonds is 4. The number of amides is 1. The smallest absolute Gasteiger partial charge is 0.310 e. The number of carbonyl (C=O) groups excluding carboxylic acids is 2. The summed E-state index contributed by atoms with van der Waals surface area (Å²) >= 11 is 5.96. The Morgan fingerprint density at radius 2 is 2.05 bits per heavy atom. The van der Waals surface area contributed by atoms with E-state index in [0.717, 1.165) is 0 Å². The molecule has 1 heterocycles. The molecule has 1 aliphatic rings. The minimum Gasteiger partial charge on any atom is -0.482 e. The van der Waals surface area contributed by atoms with Crippen LogP contribution >= 0.6 is 11.6 Å². The lowest BCUT2D eigenvalue weighted by atomic mass is 9.99. The molecule has 2 rings (SSSR count). The summed E-state index contributed by atoms with van der Waals surface area (Å²) in [7, 11) is 1.36. The van der Waals surface area contributed by atoms with Crippen molar-refractivity contribution in [2.24, 2.45) is 11.8 Å². The second-order valence-corrected chi connectivity index (χ2v) is 5.53. The molecule has 1 aromatic rings. The van der Waals surface area contributed by atoms with Crippen LogP contribution in [0, 0.1) is 11.8 Å². The molecule has 0 spiro atoms. The summed E-state index contributed by atoms with van der Waals surface area (Å²) in [6.45, 7) is 2.75. The minimum atomic E-state index is -0.273. The molecular formula is C15H18ClNO4. The van der Waals surface area contributed by atoms with E-state index >= 15 is 0 Å². The second kappa shape index (κ2) is 6.80. The van der Waals surface area contributed by atoms with E-state index in [4.69, 9.17) is 21.1 Å². The molecule has 2 unspecified atom stereocenters. The summed E-state index contributed by atoms with van der Waals surface area (Å²) in [5.41, 5.74) is 0. The van der Waals surface area contributed by atoms with E-state index in [0.29, 0.717) is 23.9 Å². The Morgan fingerprint density at radius 3 is 2.71 bits per heavy atom. The van der Waals surface area contributed by atoms with Crippen LogP contribution in [0.25, 0.3) is 0 Å². The first-order chi connectivity index (χ1) is 10.0. The number of methoxy groups -OCH3 is 1. The third-order valence-electron chi connectivity index (χ3n) is 3.66. The highest BCUT2D eigenvalue weighted by Crippen LogP contribution is 2.25. The lowest BCUT2D eigenvalue weighted by Crippen LogP contribution is -2.34. The molecule has 0 aromatic heterocycles. The van der Waals surface area contributed by atoms with Gasteiger partial charge in [-0.1, -0.05) is 30.7 Å². The van der Waals surface area contributed by atoms with Crippen molar-refractivity contribution in [3.63, 3.8) is 0 Å². The van der Waals surface area contributed by atoms with Gasteiger partial charge in [0.15, 0.2) is 6.61 Å². The highest BCUT2D eigenvalue weighted by Gasteiger charge is 2.37. The van der Waals surface area contributed by atoms with E-state index in [1.54, 1.807) is 29.2 Å². The standard InChI is InChI=1S/C15H18ClNO4/c1-10-7-17(8-11(10)15(19)20-2)14(18)9-21-13-6-4-3-5-12(13)16/h3-6,10-11H,7-9H2,1-2H3. The molecule has 6 heteroatoms. The monoisotopic (exact) mass is 311 g/mol. The first kappa shape index (κ1) is 15.6. The zero-order chi connectivity index (χ0) is 15.4. The van der Waals surface area contributed by atoms with Gasteiger partial charge in [-0.15, -0.1) is 0 Å². The van der Waals surface area contributed by atoms with Gasteiger partial charge in [0.05, 0.1) is 18.1 Å². The summed E-state index contributed by atoms with van der Waals surface area (Å²) < 4.78 is 10.2. The molecule has 0 radical (unpaired) electrons. The van der Waals surface area contributed by atoms with Crippen LogP contribution in [0.4, 0.5) is 0 Å². The van der Waals surface area contributed by atoms with Crippen LogP contribution in [0.1, 0.15) is 6.92 Å². The molecule has 1 fully saturated rings. The third-order valence-corrected chi connectivity index (χ3v) is 3.97. The van der Waals surface area contributed by atoms with Gasteiger partial charge < -0.3 is 14.4 Å². The van der Waals surface area contributed by atoms with Gasteiger partial charge in [0, 0.05) is 13.1 Å². The van der Waals surface area contributed by atoms with Gasteiger partial charge in [-0.2, -0.15) is 0 Å². The number of esters is 1. The number of ether oxygens (including phenoxy) is 2. The van der Waals surface area contributed by atoms with Gasteiger partial charge in [0.1, 0.15) is 5.75 Å². The van der Waals surface area contributed by atoms with Crippen LogP contribution in [0.3, 0.4) is 0 Å². The Kier molecular flexibility index (Phi) is 5.07. The number of nitrogens with zero attached hydrogens (tertiary/aromatic N) is 1. The zero-order valence-corrected chi connectivity index (χ0v) is 12.8. The first-order valence-corrected chi connectivity index (χ1v) is 7.13. The van der Waals surface area contributed by atoms with E-state index in [9.17, 15) is 9.59 Å². The predicted octanol–water partition coefficient (Wildman–Crippen LogP) is 1.99. The topological polar surface area (TPSA) is 55.8 Å². The number of benzene rings is 1. The lowest BCUT2D eigenvalue weighted by molar-refractivity contribution is -0.146. The molecule has 114 valence electrons. The van der Waals surface area contributed by atoms with Crippen molar-refractivity contribution in [2.75, 3.05) is 26.8 Å². The Morgan fingerprint density at radius 1 is 1.33 bits per heavy atom. The molecule has 5 nitrogen and oxygen atoms in total. The fourth-order valence-corrected chi connectivity index (χ4v) is 2.61. The van der Waals surface area contributed by atoms with E-state index in [1.165, 1.54) is 7.11 Å². The Bertz CT molecular complexity index is 534. The molecule has 0 N–H and O–H groups in total. The predicted molar refractivity (Wildman–Crippen MR) is 78.2 cm³/mol. The average Bonchev–Trinajstić information content (AvgIpc) is 2.87. The minimum absolute atomic E-state index is 0.0849. The quantitative estimate of drug-likeness (QED) is 0.798. The van der Waals surface area contributed by atoms with Crippen LogP contribution in [0.5, 0.6) is 5.75 Å². The number of hydrogen-bond donors (Lipinski definition) is 0. The lowest BCUT2D eigenvalue weighted by Gasteiger charge is -2.16. The van der Waals surface area contributed by atoms with Crippen LogP contribution in [0.15, 0.2) is 24.3 Å². The molecule has 1 aliphatic heterocycles. The molecule has 0 saturated carbocycles. The van der Waals surface area contributed by atoms with Crippen LogP contribution in [0.2, 0.25) is 5.02 Å². The Hall–Kier alpha value is -1.75. The number of carbonyl (C=O) groups is 2. The van der Waals surface area contributed by atoms with Crippen molar-refractivity contribution in [3.05, 3.63) is 29.3 Å². The molecule has 1 aromatic carbocycles. The van der Waals surface area contributed by atoms with Gasteiger partial charge in [-0.3, -0.25) is 9.59 Å². The average molecular weight is 312 g/mol. The molecular weight excluding hydrogens is 294 g/mol. The van der Waals surface area contributed by atoms with Crippen molar-refractivity contribution in [2.45, 2.75) is 6.92 Å². The Labute approximate surface area is 128 Å². The van der Waals surface area contributed by atoms with Gasteiger partial charge >= 0.3 is 5.97 Å². The molecule has 0 aliphatic carbocycles.